The number of thiol groups is 1. The zero-order chi connectivity index (χ0) is 42.6. The molecular formula is C42H49F3N8O5S. The molecule has 3 saturated heterocycles. The summed E-state index contributed by atoms with van der Waals surface area (Å²) in [7, 11) is 0. The van der Waals surface area contributed by atoms with Crippen molar-refractivity contribution in [3.05, 3.63) is 77.4 Å². The largest absolute Gasteiger partial charge is 0.492 e. The topological polar surface area (TPSA) is 150 Å². The summed E-state index contributed by atoms with van der Waals surface area (Å²) in [5, 5.41) is 17.7. The summed E-state index contributed by atoms with van der Waals surface area (Å²) in [6.07, 6.45) is -3.44. The molecule has 59 heavy (non-hydrogen) atoms. The molecule has 0 aliphatic carbocycles. The van der Waals surface area contributed by atoms with Gasteiger partial charge in [-0.1, -0.05) is 19.9 Å². The highest BCUT2D eigenvalue weighted by Crippen LogP contribution is 2.43. The minimum absolute atomic E-state index is 0.00720. The number of benzene rings is 3. The maximum atomic E-state index is 13.8. The van der Waals surface area contributed by atoms with Crippen LogP contribution in [0.1, 0.15) is 57.2 Å². The Kier molecular flexibility index (Phi) is 13.1. The molecule has 13 nitrogen and oxygen atoms in total. The van der Waals surface area contributed by atoms with Crippen molar-refractivity contribution in [3.8, 4) is 11.8 Å². The summed E-state index contributed by atoms with van der Waals surface area (Å²) in [5.41, 5.74) is -0.900. The van der Waals surface area contributed by atoms with Crippen molar-refractivity contribution in [2.45, 2.75) is 70.2 Å². The predicted molar refractivity (Wildman–Crippen MR) is 221 cm³/mol. The van der Waals surface area contributed by atoms with E-state index in [0.29, 0.717) is 61.9 Å². The molecule has 17 heteroatoms. The van der Waals surface area contributed by atoms with E-state index < -0.39 is 40.3 Å². The number of hydrogen-bond acceptors (Lipinski definition) is 11. The summed E-state index contributed by atoms with van der Waals surface area (Å²) in [5.74, 6) is -0.262. The first-order valence-corrected chi connectivity index (χ1v) is 20.1. The number of carbonyl (C=O) groups excluding carboxylic acids is 4. The monoisotopic (exact) mass is 834 g/mol. The average molecular weight is 835 g/mol. The van der Waals surface area contributed by atoms with Crippen molar-refractivity contribution >= 4 is 59.0 Å². The Morgan fingerprint density at radius 2 is 1.69 bits per heavy atom. The van der Waals surface area contributed by atoms with E-state index in [1.54, 1.807) is 49.1 Å². The van der Waals surface area contributed by atoms with Crippen molar-refractivity contribution < 1.29 is 37.1 Å². The lowest BCUT2D eigenvalue weighted by Gasteiger charge is -2.34. The van der Waals surface area contributed by atoms with Gasteiger partial charge in [-0.25, -0.2) is 0 Å². The van der Waals surface area contributed by atoms with Gasteiger partial charge in [0.05, 0.1) is 23.7 Å². The van der Waals surface area contributed by atoms with Gasteiger partial charge in [0.1, 0.15) is 23.9 Å². The van der Waals surface area contributed by atoms with Crippen LogP contribution in [0.4, 0.5) is 35.9 Å². The zero-order valence-electron chi connectivity index (χ0n) is 33.4. The molecule has 314 valence electrons. The molecule has 3 aliphatic heterocycles. The van der Waals surface area contributed by atoms with Crippen molar-refractivity contribution in [1.82, 2.24) is 15.1 Å². The number of imide groups is 1. The third-order valence-corrected chi connectivity index (χ3v) is 11.1. The first-order valence-electron chi connectivity index (χ1n) is 19.6. The Morgan fingerprint density at radius 3 is 2.37 bits per heavy atom. The summed E-state index contributed by atoms with van der Waals surface area (Å²) in [6, 6.07) is 17.1. The van der Waals surface area contributed by atoms with Crippen LogP contribution in [0.2, 0.25) is 0 Å². The van der Waals surface area contributed by atoms with Gasteiger partial charge >= 0.3 is 6.18 Å². The zero-order valence-corrected chi connectivity index (χ0v) is 34.3. The minimum atomic E-state index is -4.78. The second kappa shape index (κ2) is 17.9. The molecule has 3 fully saturated rings. The molecule has 0 aromatic heterocycles. The SMILES string of the molecule is CC(C)Cc1cc(N2C(S)N(c3ccc(C#N)c(C(F)(F)F)c3)C(=O)C2(C)C)ccc1OCCN1CCN(CC(=O)Nc2cccc(NC3CCC(=O)NC3=O)c2)CC1. The van der Waals surface area contributed by atoms with Gasteiger partial charge in [0.2, 0.25) is 17.7 Å². The Hall–Kier alpha value is -5.31. The Balaban J connectivity index is 1.02. The second-order valence-corrected chi connectivity index (χ2v) is 16.4. The van der Waals surface area contributed by atoms with Gasteiger partial charge in [-0.3, -0.25) is 39.2 Å². The van der Waals surface area contributed by atoms with E-state index in [4.69, 9.17) is 17.4 Å². The average Bonchev–Trinajstić information content (AvgIpc) is 3.35. The molecule has 3 aromatic rings. The van der Waals surface area contributed by atoms with Crippen LogP contribution < -0.4 is 30.5 Å². The van der Waals surface area contributed by atoms with Crippen molar-refractivity contribution in [3.63, 3.8) is 0 Å². The van der Waals surface area contributed by atoms with E-state index in [0.717, 1.165) is 30.8 Å². The number of amides is 4. The standard InChI is InChI=1S/C42H49F3N8O5S/c1-26(2)20-28-21-32(53-40(59)52(39(57)41(53,3)4)31-9-8-27(24-46)33(23-31)42(43,44)45)10-12-35(28)58-19-18-50-14-16-51(17-15-50)25-37(55)48-30-7-5-6-29(22-30)47-34-11-13-36(54)49-38(34)56/h5-10,12,21-23,26,34,40,47,59H,11,13-20,25H2,1-4H3,(H,48,55)(H,49,54,56). The summed E-state index contributed by atoms with van der Waals surface area (Å²) in [6.45, 7) is 11.8. The minimum Gasteiger partial charge on any atom is -0.492 e. The highest BCUT2D eigenvalue weighted by molar-refractivity contribution is 7.81. The maximum Gasteiger partial charge on any atom is 0.417 e. The van der Waals surface area contributed by atoms with Gasteiger partial charge in [0, 0.05) is 61.9 Å². The molecule has 0 radical (unpaired) electrons. The molecule has 3 heterocycles. The fourth-order valence-electron chi connectivity index (χ4n) is 7.66. The quantitative estimate of drug-likeness (QED) is 0.129. The first-order chi connectivity index (χ1) is 27.9. The third-order valence-electron chi connectivity index (χ3n) is 10.7. The Bertz CT molecular complexity index is 2120. The molecule has 0 bridgehead atoms. The van der Waals surface area contributed by atoms with E-state index >= 15 is 0 Å². The maximum absolute atomic E-state index is 13.8. The first kappa shape index (κ1) is 43.3. The second-order valence-electron chi connectivity index (χ2n) is 15.9. The fraction of sp³-hybridized carbons (Fsp3) is 0.452. The summed E-state index contributed by atoms with van der Waals surface area (Å²) < 4.78 is 47.8. The van der Waals surface area contributed by atoms with Gasteiger partial charge in [-0.2, -0.15) is 18.4 Å². The number of halogens is 3. The fourth-order valence-corrected chi connectivity index (χ4v) is 8.32. The number of nitrogens with zero attached hydrogens (tertiary/aromatic N) is 5. The molecule has 2 atom stereocenters. The normalized spacial score (nSPS) is 20.1. The van der Waals surface area contributed by atoms with Crippen molar-refractivity contribution in [2.24, 2.45) is 5.92 Å². The van der Waals surface area contributed by atoms with Crippen LogP contribution in [-0.2, 0) is 31.8 Å². The van der Waals surface area contributed by atoms with Gasteiger partial charge in [-0.05, 0) is 92.8 Å². The van der Waals surface area contributed by atoms with E-state index in [1.807, 2.05) is 18.2 Å². The molecule has 0 saturated carbocycles. The van der Waals surface area contributed by atoms with Gasteiger partial charge < -0.3 is 20.3 Å². The molecule has 3 aromatic carbocycles. The van der Waals surface area contributed by atoms with Gasteiger partial charge in [0.25, 0.3) is 5.91 Å². The van der Waals surface area contributed by atoms with Crippen LogP contribution in [-0.4, -0.2) is 96.4 Å². The molecular weight excluding hydrogens is 786 g/mol. The predicted octanol–water partition coefficient (Wildman–Crippen LogP) is 5.47. The Labute approximate surface area is 347 Å². The number of piperazine rings is 1. The molecule has 2 unspecified atom stereocenters. The van der Waals surface area contributed by atoms with Crippen LogP contribution in [0.25, 0.3) is 0 Å². The lowest BCUT2D eigenvalue weighted by Crippen LogP contribution is -2.49. The molecule has 3 N–H and O–H groups in total. The molecule has 3 aliphatic rings. The van der Waals surface area contributed by atoms with Crippen LogP contribution in [0, 0.1) is 17.2 Å². The highest BCUT2D eigenvalue weighted by Gasteiger charge is 2.52. The summed E-state index contributed by atoms with van der Waals surface area (Å²) in [4.78, 5) is 57.7. The lowest BCUT2D eigenvalue weighted by molar-refractivity contribution is -0.138. The lowest BCUT2D eigenvalue weighted by atomic mass is 9.99. The number of hydrogen-bond donors (Lipinski definition) is 4. The molecule has 4 amide bonds. The van der Waals surface area contributed by atoms with Crippen molar-refractivity contribution in [1.29, 1.82) is 5.26 Å². The van der Waals surface area contributed by atoms with Crippen LogP contribution in [0.15, 0.2) is 60.7 Å². The summed E-state index contributed by atoms with van der Waals surface area (Å²) >= 11 is 4.75. The molecule has 0 spiro atoms. The number of rotatable bonds is 13. The van der Waals surface area contributed by atoms with Crippen molar-refractivity contribution in [2.75, 3.05) is 66.3 Å². The van der Waals surface area contributed by atoms with Crippen LogP contribution in [0.5, 0.6) is 5.75 Å². The number of alkyl halides is 3. The third kappa shape index (κ3) is 10.1. The van der Waals surface area contributed by atoms with Gasteiger partial charge in [0.15, 0.2) is 5.50 Å². The number of carbonyl (C=O) groups is 4. The number of nitriles is 1. The highest BCUT2D eigenvalue weighted by atomic mass is 32.1. The number of nitrogens with one attached hydrogen (secondary N) is 3. The van der Waals surface area contributed by atoms with E-state index in [1.165, 1.54) is 11.0 Å². The van der Waals surface area contributed by atoms with E-state index in [-0.39, 0.29) is 42.3 Å². The van der Waals surface area contributed by atoms with E-state index in [9.17, 15) is 37.6 Å². The van der Waals surface area contributed by atoms with Crippen LogP contribution >= 0.6 is 12.6 Å². The van der Waals surface area contributed by atoms with Gasteiger partial charge in [-0.15, -0.1) is 12.6 Å². The number of ether oxygens (including phenoxy) is 1. The Morgan fingerprint density at radius 1 is 1.00 bits per heavy atom. The number of piperidine rings is 1. The van der Waals surface area contributed by atoms with E-state index in [2.05, 4.69) is 39.6 Å². The number of anilines is 4. The van der Waals surface area contributed by atoms with Crippen LogP contribution in [0.3, 0.4) is 0 Å². The smallest absolute Gasteiger partial charge is 0.417 e. The molecule has 6 rings (SSSR count).